The van der Waals surface area contributed by atoms with E-state index in [0.717, 1.165) is 31.0 Å². The van der Waals surface area contributed by atoms with Gasteiger partial charge in [0.25, 0.3) is 0 Å². The molecule has 3 rings (SSSR count). The van der Waals surface area contributed by atoms with E-state index in [4.69, 9.17) is 5.73 Å². The lowest BCUT2D eigenvalue weighted by atomic mass is 10.00. The summed E-state index contributed by atoms with van der Waals surface area (Å²) < 4.78 is 13.2. The highest BCUT2D eigenvalue weighted by Gasteiger charge is 2.39. The molecule has 1 saturated carbocycles. The molecule has 1 saturated heterocycles. The summed E-state index contributed by atoms with van der Waals surface area (Å²) in [5, 5.41) is 0. The number of rotatable bonds is 2. The van der Waals surface area contributed by atoms with Gasteiger partial charge < -0.3 is 10.6 Å². The molecule has 2 atom stereocenters. The molecule has 1 heterocycles. The summed E-state index contributed by atoms with van der Waals surface area (Å²) in [6.45, 7) is 4.30. The van der Waals surface area contributed by atoms with Crippen molar-refractivity contribution in [2.24, 2.45) is 16.6 Å². The van der Waals surface area contributed by atoms with Crippen LogP contribution in [0.3, 0.4) is 0 Å². The Morgan fingerprint density at radius 3 is 2.80 bits per heavy atom. The van der Waals surface area contributed by atoms with Crippen LogP contribution in [0.5, 0.6) is 0 Å². The van der Waals surface area contributed by atoms with Crippen LogP contribution < -0.4 is 5.73 Å². The summed E-state index contributed by atoms with van der Waals surface area (Å²) in [4.78, 5) is 6.80. The fourth-order valence-corrected chi connectivity index (χ4v) is 2.91. The minimum Gasteiger partial charge on any atom is -0.370 e. The van der Waals surface area contributed by atoms with Gasteiger partial charge in [-0.05, 0) is 42.9 Å². The van der Waals surface area contributed by atoms with Crippen molar-refractivity contribution in [1.29, 1.82) is 0 Å². The van der Waals surface area contributed by atoms with Crippen LogP contribution >= 0.6 is 0 Å². The summed E-state index contributed by atoms with van der Waals surface area (Å²) in [6.07, 6.45) is 3.36. The first-order valence-electron chi connectivity index (χ1n) is 7.47. The van der Waals surface area contributed by atoms with Gasteiger partial charge >= 0.3 is 0 Å². The number of likely N-dealkylation sites (tertiary alicyclic amines) is 1. The van der Waals surface area contributed by atoms with E-state index in [2.05, 4.69) is 16.8 Å². The summed E-state index contributed by atoms with van der Waals surface area (Å²) in [5.74, 6) is 1.63. The summed E-state index contributed by atoms with van der Waals surface area (Å²) in [6, 6.07) is 7.06. The molecular weight excluding hydrogens is 253 g/mol. The van der Waals surface area contributed by atoms with Crippen LogP contribution in [0.25, 0.3) is 0 Å². The van der Waals surface area contributed by atoms with E-state index in [1.807, 2.05) is 6.07 Å². The number of guanidine groups is 1. The molecule has 20 heavy (non-hydrogen) atoms. The highest BCUT2D eigenvalue weighted by Crippen LogP contribution is 2.43. The van der Waals surface area contributed by atoms with Gasteiger partial charge in [0.15, 0.2) is 5.96 Å². The molecule has 2 N–H and O–H groups in total. The van der Waals surface area contributed by atoms with E-state index in [9.17, 15) is 4.39 Å². The van der Waals surface area contributed by atoms with Crippen LogP contribution in [0.15, 0.2) is 29.3 Å². The summed E-state index contributed by atoms with van der Waals surface area (Å²) >= 11 is 0. The first-order chi connectivity index (χ1) is 9.63. The van der Waals surface area contributed by atoms with Crippen LogP contribution in [0.1, 0.15) is 37.7 Å². The van der Waals surface area contributed by atoms with Crippen molar-refractivity contribution >= 4 is 5.96 Å². The van der Waals surface area contributed by atoms with Gasteiger partial charge in [-0.25, -0.2) is 9.38 Å². The zero-order valence-corrected chi connectivity index (χ0v) is 11.9. The number of halogens is 1. The van der Waals surface area contributed by atoms with Crippen LogP contribution in [0, 0.1) is 11.7 Å². The van der Waals surface area contributed by atoms with Crippen LogP contribution in [-0.2, 0) is 0 Å². The van der Waals surface area contributed by atoms with E-state index in [1.165, 1.54) is 18.9 Å². The normalized spacial score (nSPS) is 27.7. The molecule has 1 aromatic carbocycles. The van der Waals surface area contributed by atoms with E-state index < -0.39 is 0 Å². The second kappa shape index (κ2) is 5.43. The van der Waals surface area contributed by atoms with Gasteiger partial charge in [0.2, 0.25) is 0 Å². The molecule has 0 spiro atoms. The molecule has 0 radical (unpaired) electrons. The zero-order chi connectivity index (χ0) is 14.1. The quantitative estimate of drug-likeness (QED) is 0.666. The van der Waals surface area contributed by atoms with Gasteiger partial charge in [0.1, 0.15) is 5.82 Å². The van der Waals surface area contributed by atoms with E-state index >= 15 is 0 Å². The van der Waals surface area contributed by atoms with Crippen molar-refractivity contribution < 1.29 is 4.39 Å². The third-order valence-corrected chi connectivity index (χ3v) is 4.44. The highest BCUT2D eigenvalue weighted by molar-refractivity contribution is 5.78. The molecule has 1 aromatic rings. The SMILES string of the molecule is CC1CCN(C(N)=NC2CC2c2cccc(F)c2)CC1. The molecule has 3 nitrogen and oxygen atoms in total. The maximum absolute atomic E-state index is 13.2. The monoisotopic (exact) mass is 275 g/mol. The predicted molar refractivity (Wildman–Crippen MR) is 79.1 cm³/mol. The van der Waals surface area contributed by atoms with Gasteiger partial charge in [-0.2, -0.15) is 0 Å². The molecule has 4 heteroatoms. The third-order valence-electron chi connectivity index (χ3n) is 4.44. The van der Waals surface area contributed by atoms with Gasteiger partial charge in [-0.3, -0.25) is 0 Å². The average molecular weight is 275 g/mol. The largest absolute Gasteiger partial charge is 0.370 e. The number of aliphatic imine (C=N–C) groups is 1. The Labute approximate surface area is 119 Å². The molecule has 2 fully saturated rings. The Bertz CT molecular complexity index is 506. The molecule has 0 amide bonds. The Balaban J connectivity index is 1.60. The minimum atomic E-state index is -0.171. The van der Waals surface area contributed by atoms with E-state index in [0.29, 0.717) is 11.9 Å². The van der Waals surface area contributed by atoms with Gasteiger partial charge in [-0.15, -0.1) is 0 Å². The zero-order valence-electron chi connectivity index (χ0n) is 11.9. The standard InChI is InChI=1S/C16H22FN3/c1-11-5-7-20(8-6-11)16(18)19-15-10-14(15)12-3-2-4-13(17)9-12/h2-4,9,11,14-15H,5-8,10H2,1H3,(H2,18,19). The van der Waals surface area contributed by atoms with Crippen LogP contribution in [0.2, 0.25) is 0 Å². The summed E-state index contributed by atoms with van der Waals surface area (Å²) in [7, 11) is 0. The van der Waals surface area contributed by atoms with Crippen LogP contribution in [-0.4, -0.2) is 30.0 Å². The van der Waals surface area contributed by atoms with Crippen molar-refractivity contribution in [2.75, 3.05) is 13.1 Å². The first kappa shape index (κ1) is 13.4. The third kappa shape index (κ3) is 2.94. The van der Waals surface area contributed by atoms with Gasteiger partial charge in [0.05, 0.1) is 6.04 Å². The smallest absolute Gasteiger partial charge is 0.191 e. The molecular formula is C16H22FN3. The number of benzene rings is 1. The lowest BCUT2D eigenvalue weighted by Gasteiger charge is -2.31. The van der Waals surface area contributed by atoms with Crippen molar-refractivity contribution in [3.8, 4) is 0 Å². The number of nitrogens with two attached hydrogens (primary N) is 1. The minimum absolute atomic E-state index is 0.171. The topological polar surface area (TPSA) is 41.6 Å². The van der Waals surface area contributed by atoms with Gasteiger partial charge in [0, 0.05) is 19.0 Å². The molecule has 108 valence electrons. The number of piperidine rings is 1. The summed E-state index contributed by atoms with van der Waals surface area (Å²) in [5.41, 5.74) is 7.15. The fraction of sp³-hybridized carbons (Fsp3) is 0.562. The average Bonchev–Trinajstić information content (AvgIpc) is 3.18. The molecule has 0 bridgehead atoms. The first-order valence-corrected chi connectivity index (χ1v) is 7.47. The Morgan fingerprint density at radius 2 is 2.10 bits per heavy atom. The molecule has 1 aliphatic heterocycles. The number of hydrogen-bond donors (Lipinski definition) is 1. The lowest BCUT2D eigenvalue weighted by Crippen LogP contribution is -2.42. The molecule has 1 aliphatic carbocycles. The molecule has 2 aliphatic rings. The highest BCUT2D eigenvalue weighted by atomic mass is 19.1. The Hall–Kier alpha value is -1.58. The van der Waals surface area contributed by atoms with Crippen molar-refractivity contribution in [1.82, 2.24) is 4.90 Å². The van der Waals surface area contributed by atoms with Crippen molar-refractivity contribution in [3.63, 3.8) is 0 Å². The maximum atomic E-state index is 13.2. The van der Waals surface area contributed by atoms with E-state index in [1.54, 1.807) is 12.1 Å². The number of hydrogen-bond acceptors (Lipinski definition) is 1. The second-order valence-electron chi connectivity index (χ2n) is 6.12. The number of nitrogens with zero attached hydrogens (tertiary/aromatic N) is 2. The van der Waals surface area contributed by atoms with Crippen molar-refractivity contribution in [3.05, 3.63) is 35.6 Å². The van der Waals surface area contributed by atoms with Gasteiger partial charge in [-0.1, -0.05) is 19.1 Å². The molecule has 0 aromatic heterocycles. The Kier molecular flexibility index (Phi) is 3.64. The maximum Gasteiger partial charge on any atom is 0.191 e. The fourth-order valence-electron chi connectivity index (χ4n) is 2.91. The Morgan fingerprint density at radius 1 is 1.35 bits per heavy atom. The second-order valence-corrected chi connectivity index (χ2v) is 6.12. The van der Waals surface area contributed by atoms with Crippen molar-refractivity contribution in [2.45, 2.75) is 38.1 Å². The van der Waals surface area contributed by atoms with Crippen LogP contribution in [0.4, 0.5) is 4.39 Å². The predicted octanol–water partition coefficient (Wildman–Crippen LogP) is 2.73. The lowest BCUT2D eigenvalue weighted by molar-refractivity contribution is 0.277. The van der Waals surface area contributed by atoms with E-state index in [-0.39, 0.29) is 11.9 Å². The molecule has 2 unspecified atom stereocenters.